The van der Waals surface area contributed by atoms with E-state index in [1.807, 2.05) is 4.90 Å². The Balaban J connectivity index is 1.33. The van der Waals surface area contributed by atoms with Gasteiger partial charge in [0.2, 0.25) is 5.91 Å². The number of rotatable bonds is 4. The molecule has 3 nitrogen and oxygen atoms in total. The minimum atomic E-state index is 0.225. The van der Waals surface area contributed by atoms with Crippen LogP contribution >= 0.6 is 11.6 Å². The Hall–Kier alpha value is -1.06. The zero-order valence-electron chi connectivity index (χ0n) is 17.9. The molecule has 1 aromatic rings. The van der Waals surface area contributed by atoms with E-state index in [1.165, 1.54) is 44.1 Å². The predicted octanol–water partition coefficient (Wildman–Crippen LogP) is 5.17. The molecule has 0 radical (unpaired) electrons. The summed E-state index contributed by atoms with van der Waals surface area (Å²) >= 11 is 6.20. The van der Waals surface area contributed by atoms with Crippen LogP contribution in [0, 0.1) is 17.3 Å². The minimum absolute atomic E-state index is 0.225. The van der Waals surface area contributed by atoms with Gasteiger partial charge in [-0.1, -0.05) is 23.7 Å². The van der Waals surface area contributed by atoms with Gasteiger partial charge in [-0.3, -0.25) is 4.79 Å². The van der Waals surface area contributed by atoms with Crippen LogP contribution in [0.25, 0.3) is 0 Å². The van der Waals surface area contributed by atoms with Gasteiger partial charge in [0.1, 0.15) is 0 Å². The van der Waals surface area contributed by atoms with Crippen molar-refractivity contribution < 1.29 is 4.79 Å². The number of amides is 1. The van der Waals surface area contributed by atoms with Gasteiger partial charge >= 0.3 is 0 Å². The lowest BCUT2D eigenvalue weighted by Crippen LogP contribution is -2.61. The van der Waals surface area contributed by atoms with E-state index in [4.69, 9.17) is 11.6 Å². The summed E-state index contributed by atoms with van der Waals surface area (Å²) in [7, 11) is 0. The summed E-state index contributed by atoms with van der Waals surface area (Å²) in [6.45, 7) is 5.97. The first kappa shape index (κ1) is 19.9. The molecule has 5 fully saturated rings. The normalized spacial score (nSPS) is 37.7. The van der Waals surface area contributed by atoms with Crippen molar-refractivity contribution in [1.82, 2.24) is 10.2 Å². The van der Waals surface area contributed by atoms with Crippen molar-refractivity contribution in [1.29, 1.82) is 0 Å². The van der Waals surface area contributed by atoms with Crippen LogP contribution < -0.4 is 5.32 Å². The molecule has 5 aliphatic rings. The van der Waals surface area contributed by atoms with Crippen LogP contribution in [0.2, 0.25) is 5.02 Å². The first-order valence-electron chi connectivity index (χ1n) is 11.7. The molecule has 4 aliphatic carbocycles. The summed E-state index contributed by atoms with van der Waals surface area (Å²) in [5.74, 6) is 1.99. The van der Waals surface area contributed by atoms with Crippen molar-refractivity contribution in [2.75, 3.05) is 13.1 Å². The zero-order valence-corrected chi connectivity index (χ0v) is 18.7. The first-order valence-corrected chi connectivity index (χ1v) is 12.0. The number of carbonyl (C=O) groups excluding carboxylic acids is 1. The SMILES string of the molecule is CC(=O)N1CCC(N[C@H](C)C23C[C@@H]4C[C@@H](CC(c5ccc(Cl)cc5)(C4)C2)C3)CC1. The highest BCUT2D eigenvalue weighted by Gasteiger charge is 2.59. The van der Waals surface area contributed by atoms with Crippen molar-refractivity contribution in [2.24, 2.45) is 17.3 Å². The second kappa shape index (κ2) is 7.27. The molecular weight excluding hydrogens is 380 g/mol. The predicted molar refractivity (Wildman–Crippen MR) is 118 cm³/mol. The highest BCUT2D eigenvalue weighted by atomic mass is 35.5. The zero-order chi connectivity index (χ0) is 20.2. The van der Waals surface area contributed by atoms with Gasteiger partial charge in [-0.2, -0.15) is 0 Å². The number of halogens is 1. The van der Waals surface area contributed by atoms with Gasteiger partial charge in [0, 0.05) is 37.1 Å². The molecule has 158 valence electrons. The van der Waals surface area contributed by atoms with Crippen molar-refractivity contribution >= 4 is 17.5 Å². The highest BCUT2D eigenvalue weighted by Crippen LogP contribution is 2.66. The van der Waals surface area contributed by atoms with Crippen molar-refractivity contribution in [3.8, 4) is 0 Å². The van der Waals surface area contributed by atoms with Crippen LogP contribution in [0.15, 0.2) is 24.3 Å². The fourth-order valence-electron chi connectivity index (χ4n) is 7.87. The minimum Gasteiger partial charge on any atom is -0.343 e. The fraction of sp³-hybridized carbons (Fsp3) is 0.720. The Kier molecular flexibility index (Phi) is 4.98. The van der Waals surface area contributed by atoms with E-state index < -0.39 is 0 Å². The summed E-state index contributed by atoms with van der Waals surface area (Å²) in [5, 5.41) is 4.90. The fourth-order valence-corrected chi connectivity index (χ4v) is 8.00. The molecule has 1 heterocycles. The maximum Gasteiger partial charge on any atom is 0.219 e. The third-order valence-electron chi connectivity index (χ3n) is 8.91. The lowest BCUT2D eigenvalue weighted by Gasteiger charge is -2.64. The Morgan fingerprint density at radius 3 is 2.31 bits per heavy atom. The molecular formula is C25H35ClN2O. The average molecular weight is 415 g/mol. The second-order valence-electron chi connectivity index (χ2n) is 10.8. The number of piperidine rings is 1. The van der Waals surface area contributed by atoms with Gasteiger partial charge in [-0.05, 0) is 98.7 Å². The van der Waals surface area contributed by atoms with Gasteiger partial charge in [0.25, 0.3) is 0 Å². The number of carbonyl (C=O) groups is 1. The maximum absolute atomic E-state index is 11.6. The number of likely N-dealkylation sites (tertiary alicyclic amines) is 1. The molecule has 1 saturated heterocycles. The van der Waals surface area contributed by atoms with Crippen molar-refractivity contribution in [2.45, 2.75) is 82.7 Å². The lowest BCUT2D eigenvalue weighted by molar-refractivity contribution is -0.130. The molecule has 4 saturated carbocycles. The van der Waals surface area contributed by atoms with Crippen LogP contribution in [0.1, 0.15) is 70.8 Å². The smallest absolute Gasteiger partial charge is 0.219 e. The van der Waals surface area contributed by atoms with Crippen LogP contribution in [0.3, 0.4) is 0 Å². The molecule has 1 aromatic carbocycles. The molecule has 5 atom stereocenters. The monoisotopic (exact) mass is 414 g/mol. The largest absolute Gasteiger partial charge is 0.343 e. The molecule has 0 aromatic heterocycles. The van der Waals surface area contributed by atoms with E-state index in [1.54, 1.807) is 6.92 Å². The second-order valence-corrected chi connectivity index (χ2v) is 11.2. The van der Waals surface area contributed by atoms with E-state index in [9.17, 15) is 4.79 Å². The van der Waals surface area contributed by atoms with E-state index in [-0.39, 0.29) is 5.91 Å². The summed E-state index contributed by atoms with van der Waals surface area (Å²) in [6, 6.07) is 9.89. The summed E-state index contributed by atoms with van der Waals surface area (Å²) < 4.78 is 0. The standard InChI is InChI=1S/C25H35ClN2O/c1-17(27-23-7-9-28(10-8-23)18(2)29)24-12-19-11-20(13-24)15-25(14-19,16-24)21-3-5-22(26)6-4-21/h3-6,17,19-20,23,27H,7-16H2,1-2H3/t17-,19-,20+,24?,25?/m1/s1. The van der Waals surface area contributed by atoms with Gasteiger partial charge in [-0.25, -0.2) is 0 Å². The summed E-state index contributed by atoms with van der Waals surface area (Å²) in [4.78, 5) is 13.6. The first-order chi connectivity index (χ1) is 13.9. The molecule has 1 amide bonds. The quantitative estimate of drug-likeness (QED) is 0.737. The Bertz CT molecular complexity index is 754. The van der Waals surface area contributed by atoms with Gasteiger partial charge < -0.3 is 10.2 Å². The lowest BCUT2D eigenvalue weighted by atomic mass is 9.41. The molecule has 2 unspecified atom stereocenters. The van der Waals surface area contributed by atoms with Crippen LogP contribution in [-0.2, 0) is 10.2 Å². The van der Waals surface area contributed by atoms with E-state index >= 15 is 0 Å². The van der Waals surface area contributed by atoms with Crippen LogP contribution in [0.5, 0.6) is 0 Å². The summed E-state index contributed by atoms with van der Waals surface area (Å²) in [6.07, 6.45) is 10.5. The summed E-state index contributed by atoms with van der Waals surface area (Å²) in [5.41, 5.74) is 2.33. The average Bonchev–Trinajstić information content (AvgIpc) is 2.68. The Morgan fingerprint density at radius 1 is 1.10 bits per heavy atom. The number of hydrogen-bond acceptors (Lipinski definition) is 2. The van der Waals surface area contributed by atoms with Crippen molar-refractivity contribution in [3.05, 3.63) is 34.9 Å². The maximum atomic E-state index is 11.6. The highest BCUT2D eigenvalue weighted by molar-refractivity contribution is 6.30. The number of hydrogen-bond donors (Lipinski definition) is 1. The molecule has 0 spiro atoms. The number of nitrogens with zero attached hydrogens (tertiary/aromatic N) is 1. The molecule has 4 heteroatoms. The third-order valence-corrected chi connectivity index (χ3v) is 9.16. The Morgan fingerprint density at radius 2 is 1.72 bits per heavy atom. The molecule has 1 N–H and O–H groups in total. The van der Waals surface area contributed by atoms with Crippen LogP contribution in [-0.4, -0.2) is 36.0 Å². The van der Waals surface area contributed by atoms with E-state index in [0.717, 1.165) is 42.8 Å². The molecule has 29 heavy (non-hydrogen) atoms. The number of benzene rings is 1. The molecule has 4 bridgehead atoms. The van der Waals surface area contributed by atoms with Crippen LogP contribution in [0.4, 0.5) is 0 Å². The van der Waals surface area contributed by atoms with Crippen molar-refractivity contribution in [3.63, 3.8) is 0 Å². The van der Waals surface area contributed by atoms with E-state index in [0.29, 0.717) is 22.9 Å². The molecule has 1 aliphatic heterocycles. The number of nitrogens with one attached hydrogen (secondary N) is 1. The third kappa shape index (κ3) is 3.53. The topological polar surface area (TPSA) is 32.3 Å². The molecule has 6 rings (SSSR count). The van der Waals surface area contributed by atoms with Gasteiger partial charge in [0.05, 0.1) is 0 Å². The van der Waals surface area contributed by atoms with E-state index in [2.05, 4.69) is 36.5 Å². The Labute approximate surface area is 180 Å². The van der Waals surface area contributed by atoms with Gasteiger partial charge in [0.15, 0.2) is 0 Å². The van der Waals surface area contributed by atoms with Gasteiger partial charge in [-0.15, -0.1) is 0 Å².